The summed E-state index contributed by atoms with van der Waals surface area (Å²) in [5, 5.41) is 18.9. The summed E-state index contributed by atoms with van der Waals surface area (Å²) in [6.45, 7) is 2.33. The standard InChI is InChI=1S/C13H15N3O3S2/c1-8-7-21-10(15-8)4-5-14-13(19)16-11(12(17)18)9-3-2-6-20-9/h2-3,6-7,11H,4-5H2,1H3,(H,17,18)(H2,14,16,19). The highest BCUT2D eigenvalue weighted by Gasteiger charge is 2.22. The predicted molar refractivity (Wildman–Crippen MR) is 81.8 cm³/mol. The summed E-state index contributed by atoms with van der Waals surface area (Å²) in [6, 6.07) is 1.92. The van der Waals surface area contributed by atoms with Crippen LogP contribution in [-0.4, -0.2) is 28.6 Å². The molecule has 0 fully saturated rings. The lowest BCUT2D eigenvalue weighted by molar-refractivity contribution is -0.139. The van der Waals surface area contributed by atoms with Crippen LogP contribution in [0.1, 0.15) is 21.6 Å². The fourth-order valence-corrected chi connectivity index (χ4v) is 3.24. The number of carboxylic acid groups (broad SMARTS) is 1. The molecule has 2 amide bonds. The van der Waals surface area contributed by atoms with Gasteiger partial charge in [0.2, 0.25) is 0 Å². The smallest absolute Gasteiger partial charge is 0.331 e. The summed E-state index contributed by atoms with van der Waals surface area (Å²) >= 11 is 2.84. The van der Waals surface area contributed by atoms with Crippen molar-refractivity contribution in [1.29, 1.82) is 0 Å². The van der Waals surface area contributed by atoms with Gasteiger partial charge in [-0.05, 0) is 18.4 Å². The number of carbonyl (C=O) groups excluding carboxylic acids is 1. The number of nitrogens with zero attached hydrogens (tertiary/aromatic N) is 1. The molecule has 0 spiro atoms. The second kappa shape index (κ2) is 7.19. The van der Waals surface area contributed by atoms with Crippen molar-refractivity contribution in [3.63, 3.8) is 0 Å². The fraction of sp³-hybridized carbons (Fsp3) is 0.308. The maximum Gasteiger partial charge on any atom is 0.331 e. The first-order valence-corrected chi connectivity index (χ1v) is 8.04. The van der Waals surface area contributed by atoms with E-state index in [-0.39, 0.29) is 0 Å². The molecule has 1 atom stereocenters. The van der Waals surface area contributed by atoms with Crippen molar-refractivity contribution >= 4 is 34.7 Å². The number of nitrogens with one attached hydrogen (secondary N) is 2. The highest BCUT2D eigenvalue weighted by Crippen LogP contribution is 2.18. The summed E-state index contributed by atoms with van der Waals surface area (Å²) in [4.78, 5) is 27.8. The Hall–Kier alpha value is -1.93. The number of rotatable bonds is 6. The summed E-state index contributed by atoms with van der Waals surface area (Å²) in [6.07, 6.45) is 0.628. The van der Waals surface area contributed by atoms with Crippen molar-refractivity contribution in [3.05, 3.63) is 38.5 Å². The van der Waals surface area contributed by atoms with Gasteiger partial charge in [-0.3, -0.25) is 0 Å². The van der Waals surface area contributed by atoms with Crippen molar-refractivity contribution in [2.24, 2.45) is 0 Å². The average molecular weight is 325 g/mol. The number of aryl methyl sites for hydroxylation is 1. The van der Waals surface area contributed by atoms with Crippen LogP contribution in [-0.2, 0) is 11.2 Å². The lowest BCUT2D eigenvalue weighted by Gasteiger charge is -2.13. The van der Waals surface area contributed by atoms with Crippen molar-refractivity contribution in [2.75, 3.05) is 6.54 Å². The van der Waals surface area contributed by atoms with Gasteiger partial charge in [0.15, 0.2) is 6.04 Å². The summed E-state index contributed by atoms with van der Waals surface area (Å²) in [5.41, 5.74) is 0.961. The van der Waals surface area contributed by atoms with E-state index in [0.29, 0.717) is 17.8 Å². The molecule has 112 valence electrons. The lowest BCUT2D eigenvalue weighted by Crippen LogP contribution is -2.41. The van der Waals surface area contributed by atoms with Gasteiger partial charge in [0.1, 0.15) is 0 Å². The van der Waals surface area contributed by atoms with E-state index >= 15 is 0 Å². The maximum absolute atomic E-state index is 11.8. The maximum atomic E-state index is 11.8. The molecule has 2 aromatic heterocycles. The Morgan fingerprint density at radius 1 is 1.43 bits per heavy atom. The molecular weight excluding hydrogens is 310 g/mol. The molecule has 21 heavy (non-hydrogen) atoms. The number of thiazole rings is 1. The van der Waals surface area contributed by atoms with Crippen LogP contribution in [0.2, 0.25) is 0 Å². The molecule has 1 unspecified atom stereocenters. The number of thiophene rings is 1. The molecule has 2 rings (SSSR count). The van der Waals surface area contributed by atoms with E-state index in [1.54, 1.807) is 28.8 Å². The van der Waals surface area contributed by atoms with Crippen LogP contribution < -0.4 is 10.6 Å². The minimum absolute atomic E-state index is 0.412. The van der Waals surface area contributed by atoms with Gasteiger partial charge < -0.3 is 15.7 Å². The third kappa shape index (κ3) is 4.54. The molecular formula is C13H15N3O3S2. The van der Waals surface area contributed by atoms with Crippen molar-refractivity contribution in [2.45, 2.75) is 19.4 Å². The van der Waals surface area contributed by atoms with Crippen LogP contribution in [0, 0.1) is 6.92 Å². The van der Waals surface area contributed by atoms with E-state index in [1.165, 1.54) is 11.3 Å². The van der Waals surface area contributed by atoms with Crippen LogP contribution in [0.15, 0.2) is 22.9 Å². The summed E-state index contributed by atoms with van der Waals surface area (Å²) in [7, 11) is 0. The molecule has 0 saturated heterocycles. The molecule has 0 aliphatic carbocycles. The van der Waals surface area contributed by atoms with Crippen molar-refractivity contribution in [3.8, 4) is 0 Å². The SMILES string of the molecule is Cc1csc(CCNC(=O)NC(C(=O)O)c2cccs2)n1. The van der Waals surface area contributed by atoms with Gasteiger partial charge >= 0.3 is 12.0 Å². The van der Waals surface area contributed by atoms with Gasteiger partial charge in [-0.2, -0.15) is 0 Å². The molecule has 0 radical (unpaired) electrons. The molecule has 0 aromatic carbocycles. The van der Waals surface area contributed by atoms with E-state index in [1.807, 2.05) is 12.3 Å². The molecule has 2 heterocycles. The minimum Gasteiger partial charge on any atom is -0.479 e. The van der Waals surface area contributed by atoms with Gasteiger partial charge in [-0.15, -0.1) is 22.7 Å². The second-order valence-corrected chi connectivity index (χ2v) is 6.24. The largest absolute Gasteiger partial charge is 0.479 e. The second-order valence-electron chi connectivity index (χ2n) is 4.32. The summed E-state index contributed by atoms with van der Waals surface area (Å²) < 4.78 is 0. The minimum atomic E-state index is -1.08. The average Bonchev–Trinajstić information content (AvgIpc) is 3.07. The molecule has 8 heteroatoms. The molecule has 2 aromatic rings. The zero-order chi connectivity index (χ0) is 15.2. The number of amides is 2. The number of hydrogen-bond acceptors (Lipinski definition) is 5. The molecule has 0 bridgehead atoms. The fourth-order valence-electron chi connectivity index (χ4n) is 1.69. The van der Waals surface area contributed by atoms with E-state index in [4.69, 9.17) is 5.11 Å². The first kappa shape index (κ1) is 15.5. The van der Waals surface area contributed by atoms with E-state index < -0.39 is 18.0 Å². The Kier molecular flexibility index (Phi) is 5.29. The lowest BCUT2D eigenvalue weighted by atomic mass is 10.2. The van der Waals surface area contributed by atoms with Gasteiger partial charge in [0, 0.05) is 28.9 Å². The molecule has 0 aliphatic heterocycles. The Morgan fingerprint density at radius 3 is 2.81 bits per heavy atom. The number of aromatic nitrogens is 1. The predicted octanol–water partition coefficient (Wildman–Crippen LogP) is 2.18. The van der Waals surface area contributed by atoms with Gasteiger partial charge in [-0.1, -0.05) is 6.07 Å². The van der Waals surface area contributed by atoms with Gasteiger partial charge in [0.05, 0.1) is 5.01 Å². The van der Waals surface area contributed by atoms with Crippen LogP contribution in [0.3, 0.4) is 0 Å². The Balaban J connectivity index is 1.81. The van der Waals surface area contributed by atoms with Crippen molar-refractivity contribution in [1.82, 2.24) is 15.6 Å². The molecule has 3 N–H and O–H groups in total. The zero-order valence-electron chi connectivity index (χ0n) is 11.3. The third-order valence-electron chi connectivity index (χ3n) is 2.64. The van der Waals surface area contributed by atoms with Crippen molar-refractivity contribution < 1.29 is 14.7 Å². The Bertz CT molecular complexity index is 610. The van der Waals surface area contributed by atoms with Crippen LogP contribution in [0.5, 0.6) is 0 Å². The van der Waals surface area contributed by atoms with Gasteiger partial charge in [0.25, 0.3) is 0 Å². The number of hydrogen-bond donors (Lipinski definition) is 3. The van der Waals surface area contributed by atoms with Gasteiger partial charge in [-0.25, -0.2) is 14.6 Å². The van der Waals surface area contributed by atoms with Crippen LogP contribution >= 0.6 is 22.7 Å². The molecule has 0 aliphatic rings. The first-order valence-electron chi connectivity index (χ1n) is 6.28. The van der Waals surface area contributed by atoms with Crippen LogP contribution in [0.4, 0.5) is 4.79 Å². The topological polar surface area (TPSA) is 91.3 Å². The quantitative estimate of drug-likeness (QED) is 0.759. The number of urea groups is 1. The zero-order valence-corrected chi connectivity index (χ0v) is 13.0. The highest BCUT2D eigenvalue weighted by atomic mass is 32.1. The third-order valence-corrected chi connectivity index (χ3v) is 4.60. The van der Waals surface area contributed by atoms with E-state index in [9.17, 15) is 9.59 Å². The Labute approximate surface area is 129 Å². The van der Waals surface area contributed by atoms with E-state index in [0.717, 1.165) is 10.7 Å². The first-order chi connectivity index (χ1) is 10.1. The number of carbonyl (C=O) groups is 2. The number of carboxylic acids is 1. The number of aliphatic carboxylic acids is 1. The van der Waals surface area contributed by atoms with Crippen LogP contribution in [0.25, 0.3) is 0 Å². The normalized spacial score (nSPS) is 11.9. The molecule has 6 nitrogen and oxygen atoms in total. The molecule has 0 saturated carbocycles. The van der Waals surface area contributed by atoms with E-state index in [2.05, 4.69) is 15.6 Å². The highest BCUT2D eigenvalue weighted by molar-refractivity contribution is 7.10. The monoisotopic (exact) mass is 325 g/mol. The Morgan fingerprint density at radius 2 is 2.24 bits per heavy atom. The summed E-state index contributed by atoms with van der Waals surface area (Å²) in [5.74, 6) is -1.08.